The average Bonchev–Trinajstić information content (AvgIpc) is 2.93. The van der Waals surface area contributed by atoms with E-state index < -0.39 is 30.2 Å². The third kappa shape index (κ3) is 9.11. The molecule has 0 bridgehead atoms. The maximum Gasteiger partial charge on any atom is 0.414 e. The molecule has 0 unspecified atom stereocenters. The molecule has 3 aromatic carbocycles. The van der Waals surface area contributed by atoms with Gasteiger partial charge in [0, 0.05) is 11.6 Å². The molecule has 0 heterocycles. The zero-order valence-corrected chi connectivity index (χ0v) is 20.6. The van der Waals surface area contributed by atoms with Crippen LogP contribution in [0.25, 0.3) is 0 Å². The second-order valence-corrected chi connectivity index (χ2v) is 8.08. The van der Waals surface area contributed by atoms with Crippen LogP contribution in [0, 0.1) is 0 Å². The van der Waals surface area contributed by atoms with E-state index in [1.165, 1.54) is 6.08 Å². The number of rotatable bonds is 13. The number of imide groups is 1. The molecule has 0 saturated heterocycles. The average molecular weight is 520 g/mol. The van der Waals surface area contributed by atoms with Crippen molar-refractivity contribution in [2.24, 2.45) is 0 Å². The molecule has 0 aliphatic rings. The number of hydrogen-bond acceptors (Lipinski definition) is 7. The summed E-state index contributed by atoms with van der Waals surface area (Å²) < 4.78 is 17.5. The smallest absolute Gasteiger partial charge is 0.414 e. The van der Waals surface area contributed by atoms with Crippen molar-refractivity contribution < 1.29 is 38.8 Å². The number of benzene rings is 3. The van der Waals surface area contributed by atoms with Crippen LogP contribution in [0.3, 0.4) is 0 Å². The van der Waals surface area contributed by atoms with Gasteiger partial charge < -0.3 is 24.4 Å². The summed E-state index contributed by atoms with van der Waals surface area (Å²) in [4.78, 5) is 36.3. The third-order valence-corrected chi connectivity index (χ3v) is 5.28. The molecule has 0 radical (unpaired) electrons. The topological polar surface area (TPSA) is 131 Å². The van der Waals surface area contributed by atoms with Gasteiger partial charge in [-0.3, -0.25) is 10.1 Å². The first kappa shape index (κ1) is 27.9. The summed E-state index contributed by atoms with van der Waals surface area (Å²) >= 11 is 0. The Kier molecular flexibility index (Phi) is 10.9. The maximum atomic E-state index is 12.9. The molecule has 3 rings (SSSR count). The summed E-state index contributed by atoms with van der Waals surface area (Å²) in [6.45, 7) is -0.102. The summed E-state index contributed by atoms with van der Waals surface area (Å²) in [5.74, 6) is -0.748. The first-order chi connectivity index (χ1) is 18.5. The van der Waals surface area contributed by atoms with Crippen LogP contribution < -0.4 is 14.8 Å². The van der Waals surface area contributed by atoms with Gasteiger partial charge in [-0.2, -0.15) is 0 Å². The van der Waals surface area contributed by atoms with E-state index in [1.807, 2.05) is 6.07 Å². The number of hydrogen-bond donors (Lipinski definition) is 3. The number of aliphatic hydroxyl groups excluding tert-OH is 1. The van der Waals surface area contributed by atoms with Crippen molar-refractivity contribution in [1.29, 1.82) is 0 Å². The summed E-state index contributed by atoms with van der Waals surface area (Å²) in [7, 11) is 0. The third-order valence-electron chi connectivity index (χ3n) is 5.28. The predicted octanol–water partition coefficient (Wildman–Crippen LogP) is 4.53. The number of alkyl carbamates (subject to hydrolysis) is 1. The molecular formula is C29H29NO8. The van der Waals surface area contributed by atoms with Gasteiger partial charge in [-0.15, -0.1) is 0 Å². The highest BCUT2D eigenvalue weighted by atomic mass is 16.6. The molecule has 0 spiro atoms. The molecule has 2 atom stereocenters. The number of carbonyl (C=O) groups excluding carboxylic acids is 2. The van der Waals surface area contributed by atoms with Gasteiger partial charge in [-0.25, -0.2) is 9.59 Å². The molecule has 3 N–H and O–H groups in total. The standard InChI is InChI=1S/C29H29NO8/c31-18-19-36-24-15-9-12-22(20-24)27(38-29(35)30-28(34)21-10-3-1-4-11-21)25(16-7-8-17-26(32)33)37-23-13-5-2-6-14-23/h1-6,8-15,17,20,25,27,31H,7,16,18-19H2,(H,32,33)(H,30,34,35)/b17-8+/t25-,27-/m0/s1. The van der Waals surface area contributed by atoms with E-state index in [9.17, 15) is 14.4 Å². The number of allylic oxidation sites excluding steroid dienone is 1. The fraction of sp³-hybridized carbons (Fsp3) is 0.207. The molecule has 9 heteroatoms. The highest BCUT2D eigenvalue weighted by Crippen LogP contribution is 2.31. The normalized spacial score (nSPS) is 12.3. The molecule has 2 amide bonds. The van der Waals surface area contributed by atoms with Gasteiger partial charge in [0.25, 0.3) is 5.91 Å². The Morgan fingerprint density at radius 3 is 2.26 bits per heavy atom. The van der Waals surface area contributed by atoms with Crippen molar-refractivity contribution in [1.82, 2.24) is 5.32 Å². The van der Waals surface area contributed by atoms with E-state index in [0.717, 1.165) is 6.08 Å². The van der Waals surface area contributed by atoms with E-state index in [-0.39, 0.29) is 25.2 Å². The highest BCUT2D eigenvalue weighted by Gasteiger charge is 2.30. The molecule has 3 aromatic rings. The number of amides is 2. The minimum Gasteiger partial charge on any atom is -0.491 e. The minimum absolute atomic E-state index is 0.0744. The molecular weight excluding hydrogens is 490 g/mol. The van der Waals surface area contributed by atoms with Gasteiger partial charge in [0.1, 0.15) is 24.2 Å². The van der Waals surface area contributed by atoms with Crippen LogP contribution in [0.4, 0.5) is 4.79 Å². The quantitative estimate of drug-likeness (QED) is 0.281. The lowest BCUT2D eigenvalue weighted by Gasteiger charge is -2.28. The number of ether oxygens (including phenoxy) is 3. The van der Waals surface area contributed by atoms with Gasteiger partial charge in [0.2, 0.25) is 0 Å². The number of nitrogens with one attached hydrogen (secondary N) is 1. The van der Waals surface area contributed by atoms with E-state index in [4.69, 9.17) is 24.4 Å². The van der Waals surface area contributed by atoms with E-state index in [2.05, 4.69) is 5.32 Å². The zero-order chi connectivity index (χ0) is 27.2. The maximum absolute atomic E-state index is 12.9. The van der Waals surface area contributed by atoms with Crippen LogP contribution in [0.2, 0.25) is 0 Å². The van der Waals surface area contributed by atoms with Crippen LogP contribution in [0.5, 0.6) is 11.5 Å². The van der Waals surface area contributed by atoms with Crippen molar-refractivity contribution in [3.63, 3.8) is 0 Å². The number of carboxylic acids is 1. The number of carbonyl (C=O) groups is 3. The van der Waals surface area contributed by atoms with Crippen molar-refractivity contribution in [3.8, 4) is 11.5 Å². The SMILES string of the molecule is O=C(O)/C=C/CC[C@H](Oc1ccccc1)[C@@H](OC(=O)NC(=O)c1ccccc1)c1cccc(OCCO)c1. The molecule has 198 valence electrons. The van der Waals surface area contributed by atoms with Gasteiger partial charge in [0.05, 0.1) is 6.61 Å². The molecule has 0 aliphatic heterocycles. The van der Waals surface area contributed by atoms with E-state index in [1.54, 1.807) is 78.9 Å². The van der Waals surface area contributed by atoms with Crippen molar-refractivity contribution >= 4 is 18.0 Å². The summed E-state index contributed by atoms with van der Waals surface area (Å²) in [5, 5.41) is 20.3. The monoisotopic (exact) mass is 519 g/mol. The lowest BCUT2D eigenvalue weighted by Crippen LogP contribution is -2.36. The van der Waals surface area contributed by atoms with Crippen LogP contribution >= 0.6 is 0 Å². The lowest BCUT2D eigenvalue weighted by atomic mass is 9.99. The summed E-state index contributed by atoms with van der Waals surface area (Å²) in [6, 6.07) is 23.9. The second-order valence-electron chi connectivity index (χ2n) is 8.08. The van der Waals surface area contributed by atoms with Crippen molar-refractivity contribution in [2.75, 3.05) is 13.2 Å². The first-order valence-electron chi connectivity index (χ1n) is 12.0. The molecule has 38 heavy (non-hydrogen) atoms. The first-order valence-corrected chi connectivity index (χ1v) is 12.0. The number of aliphatic hydroxyl groups is 1. The largest absolute Gasteiger partial charge is 0.491 e. The van der Waals surface area contributed by atoms with E-state index in [0.29, 0.717) is 23.5 Å². The molecule has 0 aliphatic carbocycles. The Morgan fingerprint density at radius 2 is 1.58 bits per heavy atom. The molecule has 0 aromatic heterocycles. The second kappa shape index (κ2) is 14.8. The fourth-order valence-corrected chi connectivity index (χ4v) is 3.59. The van der Waals surface area contributed by atoms with Gasteiger partial charge in [0.15, 0.2) is 6.10 Å². The predicted molar refractivity (Wildman–Crippen MR) is 139 cm³/mol. The summed E-state index contributed by atoms with van der Waals surface area (Å²) in [5.41, 5.74) is 0.808. The van der Waals surface area contributed by atoms with E-state index >= 15 is 0 Å². The Bertz CT molecular complexity index is 1210. The lowest BCUT2D eigenvalue weighted by molar-refractivity contribution is -0.131. The number of para-hydroxylation sites is 1. The van der Waals surface area contributed by atoms with Crippen molar-refractivity contribution in [2.45, 2.75) is 25.0 Å². The van der Waals surface area contributed by atoms with Gasteiger partial charge in [-0.05, 0) is 54.8 Å². The Hall–Kier alpha value is -4.63. The molecule has 0 saturated carbocycles. The minimum atomic E-state index is -1.08. The van der Waals surface area contributed by atoms with Crippen LogP contribution in [0.1, 0.15) is 34.9 Å². The summed E-state index contributed by atoms with van der Waals surface area (Å²) in [6.07, 6.45) is 0.370. The Morgan fingerprint density at radius 1 is 0.895 bits per heavy atom. The number of aliphatic carboxylic acids is 1. The van der Waals surface area contributed by atoms with Gasteiger partial charge >= 0.3 is 12.1 Å². The van der Waals surface area contributed by atoms with Gasteiger partial charge in [-0.1, -0.05) is 54.6 Å². The fourth-order valence-electron chi connectivity index (χ4n) is 3.59. The van der Waals surface area contributed by atoms with Crippen LogP contribution in [-0.2, 0) is 9.53 Å². The van der Waals surface area contributed by atoms with Crippen LogP contribution in [0.15, 0.2) is 97.1 Å². The van der Waals surface area contributed by atoms with Crippen LogP contribution in [-0.4, -0.2) is 47.5 Å². The molecule has 0 fully saturated rings. The Labute approximate surface area is 220 Å². The Balaban J connectivity index is 1.90. The number of carboxylic acid groups (broad SMARTS) is 1. The molecule has 9 nitrogen and oxygen atoms in total. The highest BCUT2D eigenvalue weighted by molar-refractivity contribution is 6.02. The zero-order valence-electron chi connectivity index (χ0n) is 20.6. The van der Waals surface area contributed by atoms with Crippen molar-refractivity contribution in [3.05, 3.63) is 108 Å².